The number of phosphoric ester groups is 2. The SMILES string of the molecule is CCCCCCCCCCCCCCCCCCCCCCC(=O)OC[C@H](COP(=O)(O)OC[C@@H](O)COP(=O)(O)OC[C@@H](COC(=O)CCCCCCCCCCCC)OC(=O)CCCCCCCCCCCCCCCCCCCC)OC(=O)CCCCCCCCCCCCCCCCCCCCC(C)C. The van der Waals surface area contributed by atoms with Gasteiger partial charge in [-0.3, -0.25) is 37.3 Å². The van der Waals surface area contributed by atoms with Gasteiger partial charge in [-0.1, -0.05) is 439 Å². The van der Waals surface area contributed by atoms with Crippen LogP contribution >= 0.6 is 15.6 Å². The highest BCUT2D eigenvalue weighted by atomic mass is 31.2. The molecular formula is C90H176O17P2. The molecule has 0 aliphatic heterocycles. The molecule has 0 heterocycles. The third kappa shape index (κ3) is 83.8. The Bertz CT molecular complexity index is 2070. The Morgan fingerprint density at radius 1 is 0.248 bits per heavy atom. The number of hydrogen-bond donors (Lipinski definition) is 3. The second kappa shape index (κ2) is 82.6. The molecule has 0 saturated carbocycles. The number of rotatable bonds is 90. The third-order valence-corrected chi connectivity index (χ3v) is 23.2. The summed E-state index contributed by atoms with van der Waals surface area (Å²) in [6, 6.07) is 0. The number of hydrogen-bond acceptors (Lipinski definition) is 15. The number of ether oxygens (including phenoxy) is 4. The Hall–Kier alpha value is -1.94. The van der Waals surface area contributed by atoms with Crippen molar-refractivity contribution < 1.29 is 80.2 Å². The lowest BCUT2D eigenvalue weighted by molar-refractivity contribution is -0.161. The first-order chi connectivity index (χ1) is 53.0. The van der Waals surface area contributed by atoms with E-state index in [0.29, 0.717) is 25.7 Å². The van der Waals surface area contributed by atoms with E-state index in [0.717, 1.165) is 95.8 Å². The lowest BCUT2D eigenvalue weighted by Gasteiger charge is -2.21. The summed E-state index contributed by atoms with van der Waals surface area (Å²) in [5.74, 6) is -1.27. The average Bonchev–Trinajstić information content (AvgIpc) is 0.901. The van der Waals surface area contributed by atoms with Crippen molar-refractivity contribution in [1.82, 2.24) is 0 Å². The zero-order chi connectivity index (χ0) is 79.7. The molecule has 3 N–H and O–H groups in total. The molecule has 648 valence electrons. The molecule has 5 atom stereocenters. The standard InChI is InChI=1S/C90H176O17P2/c1-6-9-12-15-18-21-24-26-28-30-32-33-38-41-45-49-54-59-64-69-74-88(93)101-80-86(107-90(95)76-71-66-61-56-51-47-43-39-35-34-36-40-44-48-52-57-62-67-72-83(4)5)82-105-109(98,99)103-78-84(91)77-102-108(96,97)104-81-85(79-100-87(92)73-68-63-58-53-23-20-17-14-11-8-3)106-89(94)75-70-65-60-55-50-46-42-37-31-29-27-25-22-19-16-13-10-7-2/h83-86,91H,6-82H2,1-5H3,(H,96,97)(H,98,99)/t84-,85+,86+/m0/s1. The van der Waals surface area contributed by atoms with E-state index >= 15 is 0 Å². The molecule has 2 unspecified atom stereocenters. The Balaban J connectivity index is 5.21. The molecule has 0 aliphatic carbocycles. The number of phosphoric acid groups is 2. The number of unbranched alkanes of at least 4 members (excludes halogenated alkanes) is 62. The van der Waals surface area contributed by atoms with Crippen LogP contribution < -0.4 is 0 Å². The number of esters is 4. The minimum Gasteiger partial charge on any atom is -0.462 e. The van der Waals surface area contributed by atoms with Gasteiger partial charge >= 0.3 is 39.5 Å². The van der Waals surface area contributed by atoms with Crippen molar-refractivity contribution >= 4 is 39.5 Å². The average molecular weight is 1590 g/mol. The molecule has 19 heteroatoms. The first-order valence-electron chi connectivity index (χ1n) is 46.6. The van der Waals surface area contributed by atoms with Crippen LogP contribution in [0.15, 0.2) is 0 Å². The van der Waals surface area contributed by atoms with E-state index in [-0.39, 0.29) is 25.7 Å². The predicted molar refractivity (Wildman–Crippen MR) is 451 cm³/mol. The van der Waals surface area contributed by atoms with Crippen LogP contribution in [-0.2, 0) is 65.4 Å². The molecule has 0 aromatic carbocycles. The van der Waals surface area contributed by atoms with E-state index in [1.54, 1.807) is 0 Å². The van der Waals surface area contributed by atoms with Crippen LogP contribution in [0, 0.1) is 5.92 Å². The highest BCUT2D eigenvalue weighted by molar-refractivity contribution is 7.47. The summed E-state index contributed by atoms with van der Waals surface area (Å²) in [6.45, 7) is 7.42. The van der Waals surface area contributed by atoms with Crippen molar-refractivity contribution in [2.45, 2.75) is 509 Å². The molecule has 0 fully saturated rings. The van der Waals surface area contributed by atoms with Crippen molar-refractivity contribution in [2.24, 2.45) is 5.92 Å². The van der Waals surface area contributed by atoms with E-state index < -0.39 is 97.5 Å². The van der Waals surface area contributed by atoms with Gasteiger partial charge in [-0.15, -0.1) is 0 Å². The summed E-state index contributed by atoms with van der Waals surface area (Å²) in [7, 11) is -9.93. The summed E-state index contributed by atoms with van der Waals surface area (Å²) in [5, 5.41) is 10.7. The van der Waals surface area contributed by atoms with E-state index in [1.165, 1.54) is 315 Å². The fourth-order valence-electron chi connectivity index (χ4n) is 14.2. The highest BCUT2D eigenvalue weighted by Crippen LogP contribution is 2.45. The van der Waals surface area contributed by atoms with Gasteiger partial charge in [-0.05, 0) is 31.6 Å². The lowest BCUT2D eigenvalue weighted by atomic mass is 10.0. The molecule has 0 bridgehead atoms. The minimum absolute atomic E-state index is 0.109. The molecule has 0 aliphatic rings. The van der Waals surface area contributed by atoms with Gasteiger partial charge in [0.15, 0.2) is 12.2 Å². The van der Waals surface area contributed by atoms with Crippen LogP contribution in [0.25, 0.3) is 0 Å². The summed E-state index contributed by atoms with van der Waals surface area (Å²) in [6.07, 6.45) is 77.9. The summed E-state index contributed by atoms with van der Waals surface area (Å²) in [4.78, 5) is 73.3. The summed E-state index contributed by atoms with van der Waals surface area (Å²) in [5.41, 5.74) is 0. The van der Waals surface area contributed by atoms with Crippen molar-refractivity contribution in [3.8, 4) is 0 Å². The molecule has 0 amide bonds. The van der Waals surface area contributed by atoms with E-state index in [9.17, 15) is 43.2 Å². The zero-order valence-corrected chi connectivity index (χ0v) is 73.5. The molecule has 0 aromatic rings. The Labute approximate surface area is 670 Å². The van der Waals surface area contributed by atoms with Gasteiger partial charge < -0.3 is 33.8 Å². The van der Waals surface area contributed by atoms with Crippen LogP contribution in [0.2, 0.25) is 0 Å². The van der Waals surface area contributed by atoms with Gasteiger partial charge in [0.05, 0.1) is 26.4 Å². The second-order valence-electron chi connectivity index (χ2n) is 32.8. The molecule has 109 heavy (non-hydrogen) atoms. The topological polar surface area (TPSA) is 237 Å². The third-order valence-electron chi connectivity index (χ3n) is 21.3. The van der Waals surface area contributed by atoms with Crippen LogP contribution in [0.5, 0.6) is 0 Å². The minimum atomic E-state index is -4.97. The largest absolute Gasteiger partial charge is 0.472 e. The van der Waals surface area contributed by atoms with Crippen molar-refractivity contribution in [1.29, 1.82) is 0 Å². The quantitative estimate of drug-likeness (QED) is 0.0222. The lowest BCUT2D eigenvalue weighted by Crippen LogP contribution is -2.30. The normalized spacial score (nSPS) is 13.7. The van der Waals surface area contributed by atoms with E-state index in [1.807, 2.05) is 0 Å². The summed E-state index contributed by atoms with van der Waals surface area (Å²) < 4.78 is 69.0. The van der Waals surface area contributed by atoms with Crippen molar-refractivity contribution in [3.05, 3.63) is 0 Å². The summed E-state index contributed by atoms with van der Waals surface area (Å²) >= 11 is 0. The number of carbonyl (C=O) groups excluding carboxylic acids is 4. The molecule has 17 nitrogen and oxygen atoms in total. The van der Waals surface area contributed by atoms with Crippen molar-refractivity contribution in [3.63, 3.8) is 0 Å². The van der Waals surface area contributed by atoms with Crippen LogP contribution in [0.3, 0.4) is 0 Å². The fourth-order valence-corrected chi connectivity index (χ4v) is 15.8. The fraction of sp³-hybridized carbons (Fsp3) is 0.956. The first-order valence-corrected chi connectivity index (χ1v) is 49.6. The number of carbonyl (C=O) groups is 4. The number of aliphatic hydroxyl groups is 1. The van der Waals surface area contributed by atoms with Gasteiger partial charge in [0.25, 0.3) is 0 Å². The van der Waals surface area contributed by atoms with E-state index in [4.69, 9.17) is 37.0 Å². The molecular weight excluding hydrogens is 1410 g/mol. The van der Waals surface area contributed by atoms with Gasteiger partial charge in [0.1, 0.15) is 19.3 Å². The molecule has 0 spiro atoms. The molecule has 0 aromatic heterocycles. The molecule has 0 saturated heterocycles. The van der Waals surface area contributed by atoms with Gasteiger partial charge in [0.2, 0.25) is 0 Å². The molecule has 0 radical (unpaired) electrons. The zero-order valence-electron chi connectivity index (χ0n) is 71.7. The smallest absolute Gasteiger partial charge is 0.462 e. The maximum Gasteiger partial charge on any atom is 0.472 e. The second-order valence-corrected chi connectivity index (χ2v) is 35.7. The predicted octanol–water partition coefficient (Wildman–Crippen LogP) is 27.9. The highest BCUT2D eigenvalue weighted by Gasteiger charge is 2.31. The molecule has 0 rings (SSSR count). The van der Waals surface area contributed by atoms with Gasteiger partial charge in [0, 0.05) is 25.7 Å². The van der Waals surface area contributed by atoms with Gasteiger partial charge in [-0.25, -0.2) is 9.13 Å². The monoisotopic (exact) mass is 1590 g/mol. The number of aliphatic hydroxyl groups excluding tert-OH is 1. The van der Waals surface area contributed by atoms with E-state index in [2.05, 4.69) is 34.6 Å². The Morgan fingerprint density at radius 2 is 0.422 bits per heavy atom. The van der Waals surface area contributed by atoms with Crippen molar-refractivity contribution in [2.75, 3.05) is 39.6 Å². The van der Waals surface area contributed by atoms with Crippen LogP contribution in [0.1, 0.15) is 490 Å². The van der Waals surface area contributed by atoms with Crippen LogP contribution in [-0.4, -0.2) is 96.7 Å². The maximum atomic E-state index is 13.2. The Morgan fingerprint density at radius 3 is 0.624 bits per heavy atom. The first kappa shape index (κ1) is 107. The van der Waals surface area contributed by atoms with Crippen LogP contribution in [0.4, 0.5) is 0 Å². The Kier molecular flexibility index (Phi) is 81.1. The maximum absolute atomic E-state index is 13.2. The van der Waals surface area contributed by atoms with Gasteiger partial charge in [-0.2, -0.15) is 0 Å².